The van der Waals surface area contributed by atoms with Crippen LogP contribution in [0.1, 0.15) is 6.92 Å². The van der Waals surface area contributed by atoms with Crippen LogP contribution in [0.25, 0.3) is 0 Å². The zero-order chi connectivity index (χ0) is 16.8. The minimum Gasteiger partial charge on any atom is -0.497 e. The summed E-state index contributed by atoms with van der Waals surface area (Å²) >= 11 is 7.54. The fourth-order valence-electron chi connectivity index (χ4n) is 1.91. The fourth-order valence-corrected chi connectivity index (χ4v) is 3.06. The molecule has 2 rings (SSSR count). The fraction of sp³-hybridized carbons (Fsp3) is 0.235. The minimum atomic E-state index is -0.299. The van der Waals surface area contributed by atoms with Crippen molar-refractivity contribution in [3.05, 3.63) is 47.5 Å². The van der Waals surface area contributed by atoms with Crippen molar-refractivity contribution >= 4 is 35.0 Å². The topological polar surface area (TPSA) is 47.6 Å². The molecule has 0 aliphatic rings. The van der Waals surface area contributed by atoms with E-state index in [2.05, 4.69) is 5.32 Å². The molecule has 0 spiro atoms. The van der Waals surface area contributed by atoms with Gasteiger partial charge in [0.25, 0.3) is 0 Å². The smallest absolute Gasteiger partial charge is 0.237 e. The maximum atomic E-state index is 12.4. The predicted octanol–water partition coefficient (Wildman–Crippen LogP) is 4.48. The van der Waals surface area contributed by atoms with E-state index in [-0.39, 0.29) is 11.2 Å². The first kappa shape index (κ1) is 17.5. The first-order valence-electron chi connectivity index (χ1n) is 6.98. The summed E-state index contributed by atoms with van der Waals surface area (Å²) in [7, 11) is 3.13. The third-order valence-electron chi connectivity index (χ3n) is 3.13. The van der Waals surface area contributed by atoms with E-state index in [4.69, 9.17) is 21.1 Å². The Morgan fingerprint density at radius 1 is 1.13 bits per heavy atom. The first-order chi connectivity index (χ1) is 11.0. The van der Waals surface area contributed by atoms with Gasteiger partial charge >= 0.3 is 0 Å². The highest BCUT2D eigenvalue weighted by atomic mass is 35.5. The van der Waals surface area contributed by atoms with Crippen molar-refractivity contribution < 1.29 is 14.3 Å². The van der Waals surface area contributed by atoms with Gasteiger partial charge in [0.05, 0.1) is 24.5 Å². The Morgan fingerprint density at radius 2 is 1.74 bits per heavy atom. The van der Waals surface area contributed by atoms with Crippen molar-refractivity contribution in [1.82, 2.24) is 0 Å². The summed E-state index contributed by atoms with van der Waals surface area (Å²) in [5.41, 5.74) is 0.623. The molecule has 0 fully saturated rings. The molecule has 0 aliphatic heterocycles. The van der Waals surface area contributed by atoms with Gasteiger partial charge in [-0.2, -0.15) is 0 Å². The van der Waals surface area contributed by atoms with Crippen LogP contribution in [0.4, 0.5) is 5.69 Å². The lowest BCUT2D eigenvalue weighted by atomic mass is 10.2. The van der Waals surface area contributed by atoms with Crippen LogP contribution < -0.4 is 14.8 Å². The summed E-state index contributed by atoms with van der Waals surface area (Å²) in [5, 5.41) is 3.21. The Morgan fingerprint density at radius 3 is 2.30 bits per heavy atom. The van der Waals surface area contributed by atoms with Crippen LogP contribution in [0.15, 0.2) is 47.4 Å². The Balaban J connectivity index is 2.08. The number of carbonyl (C=O) groups excluding carboxylic acids is 1. The van der Waals surface area contributed by atoms with Crippen molar-refractivity contribution in [3.63, 3.8) is 0 Å². The number of benzene rings is 2. The third kappa shape index (κ3) is 4.81. The Hall–Kier alpha value is -1.85. The summed E-state index contributed by atoms with van der Waals surface area (Å²) in [6.45, 7) is 1.83. The highest BCUT2D eigenvalue weighted by Crippen LogP contribution is 2.31. The van der Waals surface area contributed by atoms with E-state index in [0.717, 1.165) is 4.90 Å². The second kappa shape index (κ2) is 8.13. The Labute approximate surface area is 145 Å². The number of carbonyl (C=O) groups is 1. The number of amides is 1. The van der Waals surface area contributed by atoms with E-state index in [1.807, 2.05) is 25.1 Å². The highest BCUT2D eigenvalue weighted by molar-refractivity contribution is 8.00. The minimum absolute atomic E-state index is 0.120. The molecule has 0 aliphatic carbocycles. The molecule has 1 atom stereocenters. The molecule has 1 N–H and O–H groups in total. The molecule has 2 aromatic rings. The highest BCUT2D eigenvalue weighted by Gasteiger charge is 2.16. The van der Waals surface area contributed by atoms with Gasteiger partial charge in [-0.25, -0.2) is 0 Å². The molecule has 0 saturated carbocycles. The van der Waals surface area contributed by atoms with Crippen LogP contribution in [0.5, 0.6) is 11.5 Å². The lowest BCUT2D eigenvalue weighted by Gasteiger charge is -2.14. The molecule has 122 valence electrons. The maximum Gasteiger partial charge on any atom is 0.237 e. The molecule has 6 heteroatoms. The summed E-state index contributed by atoms with van der Waals surface area (Å²) < 4.78 is 10.4. The van der Waals surface area contributed by atoms with Gasteiger partial charge in [0, 0.05) is 28.8 Å². The summed E-state index contributed by atoms with van der Waals surface area (Å²) in [5.74, 6) is 1.11. The van der Waals surface area contributed by atoms with Crippen molar-refractivity contribution in [2.24, 2.45) is 0 Å². The van der Waals surface area contributed by atoms with Gasteiger partial charge in [-0.15, -0.1) is 11.8 Å². The molecule has 0 saturated heterocycles. The monoisotopic (exact) mass is 351 g/mol. The number of nitrogens with one attached hydrogen (secondary N) is 1. The largest absolute Gasteiger partial charge is 0.497 e. The van der Waals surface area contributed by atoms with E-state index in [0.29, 0.717) is 22.2 Å². The number of halogens is 1. The Bertz CT molecular complexity index is 671. The molecule has 0 bridgehead atoms. The lowest BCUT2D eigenvalue weighted by molar-refractivity contribution is -0.115. The number of thioether (sulfide) groups is 1. The number of anilines is 1. The van der Waals surface area contributed by atoms with Gasteiger partial charge in [-0.05, 0) is 19.1 Å². The van der Waals surface area contributed by atoms with E-state index < -0.39 is 0 Å². The third-order valence-corrected chi connectivity index (χ3v) is 4.75. The molecule has 1 amide bonds. The van der Waals surface area contributed by atoms with Gasteiger partial charge in [0.15, 0.2) is 0 Å². The average Bonchev–Trinajstić information content (AvgIpc) is 2.56. The molecule has 2 aromatic carbocycles. The number of ether oxygens (including phenoxy) is 2. The van der Waals surface area contributed by atoms with Crippen LogP contribution in [-0.2, 0) is 4.79 Å². The van der Waals surface area contributed by atoms with Gasteiger partial charge in [-0.1, -0.05) is 23.7 Å². The van der Waals surface area contributed by atoms with Crippen LogP contribution in [-0.4, -0.2) is 25.4 Å². The van der Waals surface area contributed by atoms with Gasteiger partial charge < -0.3 is 14.8 Å². The second-order valence-corrected chi connectivity index (χ2v) is 6.57. The molecule has 0 radical (unpaired) electrons. The van der Waals surface area contributed by atoms with Crippen LogP contribution in [0, 0.1) is 0 Å². The number of rotatable bonds is 6. The maximum absolute atomic E-state index is 12.4. The SMILES string of the molecule is COc1cc(NC(=O)[C@@H](C)Sc2ccccc2Cl)cc(OC)c1. The van der Waals surface area contributed by atoms with Crippen LogP contribution in [0.2, 0.25) is 5.02 Å². The first-order valence-corrected chi connectivity index (χ1v) is 8.24. The Kier molecular flexibility index (Phi) is 6.19. The lowest BCUT2D eigenvalue weighted by Crippen LogP contribution is -2.22. The zero-order valence-electron chi connectivity index (χ0n) is 13.1. The van der Waals surface area contributed by atoms with E-state index in [1.54, 1.807) is 38.5 Å². The zero-order valence-corrected chi connectivity index (χ0v) is 14.7. The van der Waals surface area contributed by atoms with Crippen LogP contribution >= 0.6 is 23.4 Å². The van der Waals surface area contributed by atoms with Crippen molar-refractivity contribution in [2.75, 3.05) is 19.5 Å². The van der Waals surface area contributed by atoms with Gasteiger partial charge in [0.2, 0.25) is 5.91 Å². The van der Waals surface area contributed by atoms with E-state index >= 15 is 0 Å². The number of hydrogen-bond donors (Lipinski definition) is 1. The summed E-state index contributed by atoms with van der Waals surface area (Å²) in [6, 6.07) is 12.7. The normalized spacial score (nSPS) is 11.7. The number of hydrogen-bond acceptors (Lipinski definition) is 4. The van der Waals surface area contributed by atoms with E-state index in [9.17, 15) is 4.79 Å². The summed E-state index contributed by atoms with van der Waals surface area (Å²) in [6.07, 6.45) is 0. The second-order valence-electron chi connectivity index (χ2n) is 4.78. The summed E-state index contributed by atoms with van der Waals surface area (Å²) in [4.78, 5) is 13.2. The standard InChI is InChI=1S/C17H18ClNO3S/c1-11(23-16-7-5-4-6-15(16)18)17(20)19-12-8-13(21-2)10-14(9-12)22-3/h4-11H,1-3H3,(H,19,20)/t11-/m1/s1. The molecular weight excluding hydrogens is 334 g/mol. The van der Waals surface area contributed by atoms with Crippen LogP contribution in [0.3, 0.4) is 0 Å². The molecule has 0 heterocycles. The average molecular weight is 352 g/mol. The quantitative estimate of drug-likeness (QED) is 0.780. The molecule has 23 heavy (non-hydrogen) atoms. The molecule has 4 nitrogen and oxygen atoms in total. The molecule has 0 unspecified atom stereocenters. The van der Waals surface area contributed by atoms with Crippen molar-refractivity contribution in [3.8, 4) is 11.5 Å². The van der Waals surface area contributed by atoms with Gasteiger partial charge in [0.1, 0.15) is 11.5 Å². The van der Waals surface area contributed by atoms with Crippen molar-refractivity contribution in [2.45, 2.75) is 17.1 Å². The van der Waals surface area contributed by atoms with Gasteiger partial charge in [-0.3, -0.25) is 4.79 Å². The number of methoxy groups -OCH3 is 2. The van der Waals surface area contributed by atoms with Crippen molar-refractivity contribution in [1.29, 1.82) is 0 Å². The molecule has 0 aromatic heterocycles. The molecular formula is C17H18ClNO3S. The van der Waals surface area contributed by atoms with E-state index in [1.165, 1.54) is 11.8 Å². The predicted molar refractivity (Wildman–Crippen MR) is 94.9 cm³/mol.